The Balaban J connectivity index is 1.09. The van der Waals surface area contributed by atoms with Crippen LogP contribution in [-0.2, 0) is 4.57 Å². The summed E-state index contributed by atoms with van der Waals surface area (Å²) in [7, 11) is -3.85. The minimum atomic E-state index is -3.85. The molecule has 4 aliphatic carbocycles. The number of unbranched alkanes of at least 4 members (excludes halogenated alkanes) is 8. The Hall–Kier alpha value is -1.17. The van der Waals surface area contributed by atoms with Crippen LogP contribution in [0.25, 0.3) is 0 Å². The van der Waals surface area contributed by atoms with Gasteiger partial charge in [-0.2, -0.15) is 8.78 Å². The SMILES string of the molecule is O=P(O)(O)CCCCCCCCCCCOc1ccc(OC[C@]23CC4CC(C[C@H](C4)C2)C3)c(F)c1F. The van der Waals surface area contributed by atoms with E-state index < -0.39 is 19.2 Å². The fourth-order valence-electron chi connectivity index (χ4n) is 7.27. The van der Waals surface area contributed by atoms with Crippen LogP contribution >= 0.6 is 7.60 Å². The van der Waals surface area contributed by atoms with Gasteiger partial charge in [-0.05, 0) is 81.3 Å². The second-order valence-corrected chi connectivity index (χ2v) is 13.6. The van der Waals surface area contributed by atoms with Gasteiger partial charge < -0.3 is 19.3 Å². The van der Waals surface area contributed by atoms with E-state index in [0.717, 1.165) is 69.1 Å². The van der Waals surface area contributed by atoms with E-state index in [1.807, 2.05) is 0 Å². The van der Waals surface area contributed by atoms with Crippen molar-refractivity contribution in [2.75, 3.05) is 19.4 Å². The first-order valence-corrected chi connectivity index (χ1v) is 15.8. The van der Waals surface area contributed by atoms with Crippen LogP contribution in [0.2, 0.25) is 0 Å². The highest BCUT2D eigenvalue weighted by Crippen LogP contribution is 2.60. The molecule has 0 amide bonds. The maximum Gasteiger partial charge on any atom is 0.325 e. The molecule has 1 aromatic rings. The predicted molar refractivity (Wildman–Crippen MR) is 136 cm³/mol. The number of hydrogen-bond donors (Lipinski definition) is 2. The van der Waals surface area contributed by atoms with Gasteiger partial charge in [-0.15, -0.1) is 0 Å². The molecule has 36 heavy (non-hydrogen) atoms. The molecule has 0 spiro atoms. The molecule has 5 nitrogen and oxygen atoms in total. The summed E-state index contributed by atoms with van der Waals surface area (Å²) < 4.78 is 51.5. The van der Waals surface area contributed by atoms with E-state index in [1.165, 1.54) is 50.7 Å². The van der Waals surface area contributed by atoms with Gasteiger partial charge in [0.2, 0.25) is 11.6 Å². The van der Waals surface area contributed by atoms with E-state index in [2.05, 4.69) is 0 Å². The van der Waals surface area contributed by atoms with E-state index >= 15 is 0 Å². The first-order valence-electron chi connectivity index (χ1n) is 14.0. The Bertz CT molecular complexity index is 867. The molecule has 4 saturated carbocycles. The Morgan fingerprint density at radius 3 is 1.69 bits per heavy atom. The van der Waals surface area contributed by atoms with Crippen molar-refractivity contribution in [3.63, 3.8) is 0 Å². The summed E-state index contributed by atoms with van der Waals surface area (Å²) in [4.78, 5) is 17.7. The van der Waals surface area contributed by atoms with Gasteiger partial charge in [0.25, 0.3) is 0 Å². The molecule has 204 valence electrons. The molecule has 4 fully saturated rings. The lowest BCUT2D eigenvalue weighted by molar-refractivity contribution is -0.0750. The quantitative estimate of drug-likeness (QED) is 0.170. The summed E-state index contributed by atoms with van der Waals surface area (Å²) in [6.07, 6.45) is 16.0. The van der Waals surface area contributed by atoms with Gasteiger partial charge in [-0.1, -0.05) is 44.9 Å². The van der Waals surface area contributed by atoms with Gasteiger partial charge in [-0.3, -0.25) is 4.57 Å². The molecule has 4 bridgehead atoms. The standard InChI is InChI=1S/C28H43F2O5P/c29-26-24(34-12-8-6-4-2-1-3-5-7-9-13-36(31,32)33)10-11-25(27(26)30)35-20-28-17-21-14-22(18-28)16-23(15-21)19-28/h10-11,21-23H,1-9,12-20H2,(H2,31,32,33)/t21-,22?,23?,28-. The van der Waals surface area contributed by atoms with Crippen molar-refractivity contribution in [2.45, 2.75) is 96.3 Å². The number of halogens is 2. The van der Waals surface area contributed by atoms with Crippen molar-refractivity contribution in [3.8, 4) is 11.5 Å². The summed E-state index contributed by atoms with van der Waals surface area (Å²) in [5, 5.41) is 0. The van der Waals surface area contributed by atoms with Gasteiger partial charge in [0.05, 0.1) is 13.2 Å². The van der Waals surface area contributed by atoms with Crippen molar-refractivity contribution in [3.05, 3.63) is 23.8 Å². The van der Waals surface area contributed by atoms with Gasteiger partial charge in [0.15, 0.2) is 11.5 Å². The van der Waals surface area contributed by atoms with Crippen LogP contribution in [0.15, 0.2) is 12.1 Å². The molecule has 0 aromatic heterocycles. The average molecular weight is 529 g/mol. The van der Waals surface area contributed by atoms with Crippen molar-refractivity contribution >= 4 is 7.60 Å². The molecule has 0 radical (unpaired) electrons. The van der Waals surface area contributed by atoms with Crippen molar-refractivity contribution in [2.24, 2.45) is 23.2 Å². The first kappa shape index (κ1) is 27.9. The highest BCUT2D eigenvalue weighted by molar-refractivity contribution is 7.51. The second kappa shape index (κ2) is 12.6. The smallest absolute Gasteiger partial charge is 0.325 e. The maximum absolute atomic E-state index is 14.7. The fraction of sp³-hybridized carbons (Fsp3) is 0.786. The molecule has 0 aliphatic heterocycles. The monoisotopic (exact) mass is 528 g/mol. The zero-order valence-corrected chi connectivity index (χ0v) is 22.3. The molecule has 4 aliphatic rings. The van der Waals surface area contributed by atoms with Crippen molar-refractivity contribution in [1.82, 2.24) is 0 Å². The van der Waals surface area contributed by atoms with Crippen LogP contribution < -0.4 is 9.47 Å². The van der Waals surface area contributed by atoms with E-state index in [4.69, 9.17) is 19.3 Å². The maximum atomic E-state index is 14.7. The normalized spacial score (nSPS) is 26.9. The molecule has 8 heteroatoms. The van der Waals surface area contributed by atoms with Gasteiger partial charge >= 0.3 is 7.60 Å². The van der Waals surface area contributed by atoms with E-state index in [-0.39, 0.29) is 23.1 Å². The Kier molecular flexibility index (Phi) is 9.74. The minimum absolute atomic E-state index is 0.00247. The summed E-state index contributed by atoms with van der Waals surface area (Å²) in [6.45, 7) is 0.840. The molecule has 1 aromatic carbocycles. The van der Waals surface area contributed by atoms with E-state index in [1.54, 1.807) is 0 Å². The minimum Gasteiger partial charge on any atom is -0.490 e. The summed E-state index contributed by atoms with van der Waals surface area (Å²) >= 11 is 0. The Morgan fingerprint density at radius 2 is 1.19 bits per heavy atom. The fourth-order valence-corrected chi connectivity index (χ4v) is 7.91. The molecule has 5 rings (SSSR count). The number of benzene rings is 1. The Labute approximate surface area is 214 Å². The van der Waals surface area contributed by atoms with E-state index in [9.17, 15) is 13.3 Å². The third kappa shape index (κ3) is 7.91. The molecule has 0 atom stereocenters. The molecular weight excluding hydrogens is 485 g/mol. The van der Waals surface area contributed by atoms with Crippen molar-refractivity contribution < 1.29 is 32.6 Å². The number of ether oxygens (including phenoxy) is 2. The summed E-state index contributed by atoms with van der Waals surface area (Å²) in [6, 6.07) is 2.99. The molecule has 0 unspecified atom stereocenters. The summed E-state index contributed by atoms with van der Waals surface area (Å²) in [5.41, 5.74) is 0.151. The first-order chi connectivity index (χ1) is 17.2. The van der Waals surface area contributed by atoms with Gasteiger partial charge in [-0.25, -0.2) is 0 Å². The highest BCUT2D eigenvalue weighted by atomic mass is 31.2. The highest BCUT2D eigenvalue weighted by Gasteiger charge is 2.51. The van der Waals surface area contributed by atoms with E-state index in [0.29, 0.717) is 19.6 Å². The zero-order chi connectivity index (χ0) is 25.6. The largest absolute Gasteiger partial charge is 0.490 e. The molecular formula is C28H43F2O5P. The lowest BCUT2D eigenvalue weighted by Crippen LogP contribution is -2.48. The van der Waals surface area contributed by atoms with Gasteiger partial charge in [0.1, 0.15) is 0 Å². The molecule has 0 heterocycles. The van der Waals surface area contributed by atoms with Crippen LogP contribution in [-0.4, -0.2) is 29.2 Å². The molecule has 2 N–H and O–H groups in total. The predicted octanol–water partition coefficient (Wildman–Crippen LogP) is 7.63. The van der Waals surface area contributed by atoms with Crippen LogP contribution in [0, 0.1) is 34.8 Å². The summed E-state index contributed by atoms with van der Waals surface area (Å²) in [5.74, 6) is 0.428. The number of hydrogen-bond acceptors (Lipinski definition) is 3. The van der Waals surface area contributed by atoms with Crippen LogP contribution in [0.3, 0.4) is 0 Å². The Morgan fingerprint density at radius 1 is 0.750 bits per heavy atom. The van der Waals surface area contributed by atoms with Crippen LogP contribution in [0.5, 0.6) is 11.5 Å². The zero-order valence-electron chi connectivity index (χ0n) is 21.4. The third-order valence-corrected chi connectivity index (χ3v) is 9.46. The van der Waals surface area contributed by atoms with Crippen LogP contribution in [0.4, 0.5) is 8.78 Å². The third-order valence-electron chi connectivity index (χ3n) is 8.56. The second-order valence-electron chi connectivity index (χ2n) is 11.8. The lowest BCUT2D eigenvalue weighted by Gasteiger charge is -2.56. The number of rotatable bonds is 16. The van der Waals surface area contributed by atoms with Crippen molar-refractivity contribution in [1.29, 1.82) is 0 Å². The van der Waals surface area contributed by atoms with Gasteiger partial charge in [0, 0.05) is 11.6 Å². The topological polar surface area (TPSA) is 76.0 Å². The van der Waals surface area contributed by atoms with Crippen LogP contribution in [0.1, 0.15) is 96.3 Å². The lowest BCUT2D eigenvalue weighted by atomic mass is 9.50. The average Bonchev–Trinajstić information content (AvgIpc) is 2.80. The molecule has 0 saturated heterocycles.